The van der Waals surface area contributed by atoms with Gasteiger partial charge in [-0.2, -0.15) is 0 Å². The molecule has 3 heteroatoms. The summed E-state index contributed by atoms with van der Waals surface area (Å²) in [6.07, 6.45) is 2.10. The lowest BCUT2D eigenvalue weighted by atomic mass is 10.1. The second kappa shape index (κ2) is 5.63. The van der Waals surface area contributed by atoms with Gasteiger partial charge in [0.2, 0.25) is 0 Å². The first kappa shape index (κ1) is 12.9. The van der Waals surface area contributed by atoms with Crippen LogP contribution in [0.1, 0.15) is 28.7 Å². The molecule has 1 aromatic rings. The van der Waals surface area contributed by atoms with Crippen molar-refractivity contribution in [3.63, 3.8) is 0 Å². The summed E-state index contributed by atoms with van der Waals surface area (Å²) >= 11 is 1.87. The highest BCUT2D eigenvalue weighted by molar-refractivity contribution is 7.12. The van der Waals surface area contributed by atoms with Crippen molar-refractivity contribution >= 4 is 23.7 Å². The second-order valence-electron chi connectivity index (χ2n) is 3.31. The first-order chi connectivity index (χ1) is 5.63. The Hall–Kier alpha value is -0.0500. The largest absolute Gasteiger partial charge is 0.327 e. The highest BCUT2D eigenvalue weighted by atomic mass is 35.5. The summed E-state index contributed by atoms with van der Waals surface area (Å²) in [5.74, 6) is 0. The van der Waals surface area contributed by atoms with Crippen molar-refractivity contribution in [2.24, 2.45) is 5.73 Å². The minimum absolute atomic E-state index is 0. The molecule has 0 aromatic carbocycles. The average molecular weight is 220 g/mol. The Labute approximate surface area is 90.8 Å². The molecule has 76 valence electrons. The van der Waals surface area contributed by atoms with Gasteiger partial charge in [-0.3, -0.25) is 0 Å². The van der Waals surface area contributed by atoms with E-state index in [2.05, 4.69) is 26.8 Å². The summed E-state index contributed by atoms with van der Waals surface area (Å²) in [7, 11) is 0. The minimum atomic E-state index is 0. The van der Waals surface area contributed by atoms with E-state index in [1.165, 1.54) is 15.3 Å². The Morgan fingerprint density at radius 3 is 2.46 bits per heavy atom. The van der Waals surface area contributed by atoms with Crippen LogP contribution in [0.2, 0.25) is 0 Å². The van der Waals surface area contributed by atoms with Gasteiger partial charge in [0.15, 0.2) is 0 Å². The Morgan fingerprint density at radius 2 is 2.08 bits per heavy atom. The lowest BCUT2D eigenvalue weighted by Crippen LogP contribution is -2.21. The summed E-state index contributed by atoms with van der Waals surface area (Å²) in [4.78, 5) is 2.82. The summed E-state index contributed by atoms with van der Waals surface area (Å²) in [6.45, 7) is 6.47. The van der Waals surface area contributed by atoms with Gasteiger partial charge in [0.05, 0.1) is 0 Å². The molecule has 0 aliphatic carbocycles. The van der Waals surface area contributed by atoms with Crippen LogP contribution in [0.25, 0.3) is 0 Å². The maximum absolute atomic E-state index is 5.89. The van der Waals surface area contributed by atoms with E-state index in [0.717, 1.165) is 12.8 Å². The Morgan fingerprint density at radius 1 is 1.46 bits per heavy atom. The molecule has 0 spiro atoms. The van der Waals surface area contributed by atoms with E-state index in [1.807, 2.05) is 11.3 Å². The molecular formula is C10H18ClNS. The monoisotopic (exact) mass is 219 g/mol. The molecule has 13 heavy (non-hydrogen) atoms. The van der Waals surface area contributed by atoms with Gasteiger partial charge >= 0.3 is 0 Å². The van der Waals surface area contributed by atoms with Crippen molar-refractivity contribution in [1.29, 1.82) is 0 Å². The van der Waals surface area contributed by atoms with Crippen LogP contribution in [-0.4, -0.2) is 6.04 Å². The fraction of sp³-hybridized carbons (Fsp3) is 0.600. The fourth-order valence-corrected chi connectivity index (χ4v) is 2.27. The minimum Gasteiger partial charge on any atom is -0.327 e. The molecule has 0 fully saturated rings. The second-order valence-corrected chi connectivity index (χ2v) is 4.77. The van der Waals surface area contributed by atoms with Crippen LogP contribution in [-0.2, 0) is 6.42 Å². The summed E-state index contributed by atoms with van der Waals surface area (Å²) in [5, 5.41) is 0. The molecule has 0 amide bonds. The van der Waals surface area contributed by atoms with Gasteiger partial charge in [0, 0.05) is 15.8 Å². The lowest BCUT2D eigenvalue weighted by molar-refractivity contribution is 0.646. The number of thiophene rings is 1. The topological polar surface area (TPSA) is 26.0 Å². The third kappa shape index (κ3) is 3.67. The zero-order valence-corrected chi connectivity index (χ0v) is 10.1. The first-order valence-electron chi connectivity index (χ1n) is 4.45. The van der Waals surface area contributed by atoms with Crippen LogP contribution in [0.3, 0.4) is 0 Å². The third-order valence-corrected chi connectivity index (χ3v) is 3.16. The highest BCUT2D eigenvalue weighted by Gasteiger charge is 2.06. The van der Waals surface area contributed by atoms with Crippen molar-refractivity contribution < 1.29 is 0 Å². The van der Waals surface area contributed by atoms with Crippen LogP contribution in [0.15, 0.2) is 6.07 Å². The van der Waals surface area contributed by atoms with E-state index in [1.54, 1.807) is 0 Å². The number of hydrogen-bond acceptors (Lipinski definition) is 2. The van der Waals surface area contributed by atoms with Gasteiger partial charge in [0.25, 0.3) is 0 Å². The van der Waals surface area contributed by atoms with Crippen LogP contribution in [0.4, 0.5) is 0 Å². The molecule has 1 nitrogen and oxygen atoms in total. The zero-order chi connectivity index (χ0) is 9.14. The van der Waals surface area contributed by atoms with Gasteiger partial charge in [-0.1, -0.05) is 6.92 Å². The smallest absolute Gasteiger partial charge is 0.00770 e. The predicted octanol–water partition coefficient (Wildman–Crippen LogP) is 3.07. The van der Waals surface area contributed by atoms with Crippen LogP contribution >= 0.6 is 23.7 Å². The number of nitrogens with two attached hydrogens (primary N) is 1. The van der Waals surface area contributed by atoms with E-state index in [9.17, 15) is 0 Å². The van der Waals surface area contributed by atoms with E-state index in [0.29, 0.717) is 6.04 Å². The van der Waals surface area contributed by atoms with Crippen LogP contribution in [0.5, 0.6) is 0 Å². The average Bonchev–Trinajstić information content (AvgIpc) is 2.30. The molecule has 1 unspecified atom stereocenters. The zero-order valence-electron chi connectivity index (χ0n) is 8.46. The quantitative estimate of drug-likeness (QED) is 0.831. The Bertz CT molecular complexity index is 257. The molecular weight excluding hydrogens is 202 g/mol. The molecule has 0 bridgehead atoms. The molecule has 0 saturated heterocycles. The van der Waals surface area contributed by atoms with E-state index in [4.69, 9.17) is 5.73 Å². The highest BCUT2D eigenvalue weighted by Crippen LogP contribution is 2.21. The van der Waals surface area contributed by atoms with Crippen molar-refractivity contribution in [1.82, 2.24) is 0 Å². The van der Waals surface area contributed by atoms with Crippen LogP contribution in [0, 0.1) is 13.8 Å². The van der Waals surface area contributed by atoms with Gasteiger partial charge in [-0.25, -0.2) is 0 Å². The maximum Gasteiger partial charge on any atom is 0.00770 e. The SMILES string of the molecule is CCC(N)Cc1cc(C)sc1C.Cl. The molecule has 0 aliphatic rings. The van der Waals surface area contributed by atoms with Crippen LogP contribution < -0.4 is 5.73 Å². The predicted molar refractivity (Wildman–Crippen MR) is 63.0 cm³/mol. The van der Waals surface area contributed by atoms with Gasteiger partial charge < -0.3 is 5.73 Å². The Kier molecular flexibility index (Phi) is 5.61. The van der Waals surface area contributed by atoms with Crippen molar-refractivity contribution in [2.75, 3.05) is 0 Å². The Balaban J connectivity index is 0.00000144. The number of halogens is 1. The van der Waals surface area contributed by atoms with Gasteiger partial charge in [-0.05, 0) is 38.3 Å². The standard InChI is InChI=1S/C10H17NS.ClH/c1-4-10(11)6-9-5-7(2)12-8(9)3;/h5,10H,4,6,11H2,1-3H3;1H. The molecule has 0 radical (unpaired) electrons. The van der Waals surface area contributed by atoms with Crippen molar-refractivity contribution in [3.8, 4) is 0 Å². The molecule has 2 N–H and O–H groups in total. The molecule has 0 saturated carbocycles. The lowest BCUT2D eigenvalue weighted by Gasteiger charge is -2.07. The molecule has 1 heterocycles. The normalized spacial score (nSPS) is 12.3. The van der Waals surface area contributed by atoms with Gasteiger partial charge in [0.1, 0.15) is 0 Å². The maximum atomic E-state index is 5.89. The summed E-state index contributed by atoms with van der Waals surface area (Å²) in [6, 6.07) is 2.59. The van der Waals surface area contributed by atoms with E-state index < -0.39 is 0 Å². The molecule has 1 atom stereocenters. The number of hydrogen-bond donors (Lipinski definition) is 1. The molecule has 1 rings (SSSR count). The van der Waals surface area contributed by atoms with E-state index in [-0.39, 0.29) is 12.4 Å². The number of aryl methyl sites for hydroxylation is 2. The number of rotatable bonds is 3. The summed E-state index contributed by atoms with van der Waals surface area (Å²) < 4.78 is 0. The van der Waals surface area contributed by atoms with Gasteiger partial charge in [-0.15, -0.1) is 23.7 Å². The molecule has 1 aromatic heterocycles. The van der Waals surface area contributed by atoms with Crippen molar-refractivity contribution in [3.05, 3.63) is 21.4 Å². The first-order valence-corrected chi connectivity index (χ1v) is 5.26. The summed E-state index contributed by atoms with van der Waals surface area (Å²) in [5.41, 5.74) is 7.32. The third-order valence-electron chi connectivity index (χ3n) is 2.15. The fourth-order valence-electron chi connectivity index (χ4n) is 1.31. The van der Waals surface area contributed by atoms with Crippen molar-refractivity contribution in [2.45, 2.75) is 39.7 Å². The van der Waals surface area contributed by atoms with E-state index >= 15 is 0 Å². The molecule has 0 aliphatic heterocycles.